The third-order valence-electron chi connectivity index (χ3n) is 4.00. The molecule has 25 heavy (non-hydrogen) atoms. The number of fused-ring (bicyclic) bond motifs is 1. The van der Waals surface area contributed by atoms with Gasteiger partial charge in [0.2, 0.25) is 0 Å². The van der Waals surface area contributed by atoms with E-state index < -0.39 is 11.0 Å². The van der Waals surface area contributed by atoms with Crippen LogP contribution in [0.4, 0.5) is 5.69 Å². The number of nitro groups is 1. The quantitative estimate of drug-likeness (QED) is 0.550. The molecule has 130 valence electrons. The van der Waals surface area contributed by atoms with Crippen molar-refractivity contribution in [3.05, 3.63) is 63.8 Å². The molecule has 7 heteroatoms. The Labute approximate surface area is 144 Å². The molecule has 1 heterocycles. The molecule has 1 unspecified atom stereocenters. The van der Waals surface area contributed by atoms with E-state index in [0.29, 0.717) is 5.52 Å². The molecule has 3 aromatic rings. The fourth-order valence-electron chi connectivity index (χ4n) is 2.62. The molecule has 0 amide bonds. The van der Waals surface area contributed by atoms with Crippen LogP contribution >= 0.6 is 0 Å². The van der Waals surface area contributed by atoms with E-state index in [9.17, 15) is 15.2 Å². The van der Waals surface area contributed by atoms with Gasteiger partial charge in [0.05, 0.1) is 23.2 Å². The maximum absolute atomic E-state index is 10.9. The third kappa shape index (κ3) is 3.77. The van der Waals surface area contributed by atoms with E-state index >= 15 is 0 Å². The van der Waals surface area contributed by atoms with Crippen LogP contribution in [0.2, 0.25) is 0 Å². The van der Waals surface area contributed by atoms with E-state index in [4.69, 9.17) is 4.74 Å². The number of nitro benzene ring substituents is 1. The van der Waals surface area contributed by atoms with Crippen molar-refractivity contribution in [3.63, 3.8) is 0 Å². The van der Waals surface area contributed by atoms with Gasteiger partial charge in [0.15, 0.2) is 0 Å². The third-order valence-corrected chi connectivity index (χ3v) is 4.00. The number of hydrogen-bond donors (Lipinski definition) is 1. The molecule has 0 radical (unpaired) electrons. The Morgan fingerprint density at radius 1 is 1.28 bits per heavy atom. The first-order valence-electron chi connectivity index (χ1n) is 7.92. The number of nitrogens with zero attached hydrogens (tertiary/aromatic N) is 3. The zero-order valence-electron chi connectivity index (χ0n) is 14.0. The van der Waals surface area contributed by atoms with Crippen molar-refractivity contribution in [2.75, 3.05) is 6.61 Å². The molecular weight excluding hydrogens is 322 g/mol. The molecule has 0 saturated heterocycles. The SMILES string of the molecule is Cc1ccc(C)c(OCC(O)Cn2ncc3ccc([N+](=O)[O-])cc32)c1. The van der Waals surface area contributed by atoms with Crippen molar-refractivity contribution in [2.45, 2.75) is 26.5 Å². The second kappa shape index (κ2) is 6.90. The topological polar surface area (TPSA) is 90.4 Å². The van der Waals surface area contributed by atoms with Gasteiger partial charge in [-0.3, -0.25) is 14.8 Å². The lowest BCUT2D eigenvalue weighted by atomic mass is 10.1. The van der Waals surface area contributed by atoms with Gasteiger partial charge >= 0.3 is 0 Å². The lowest BCUT2D eigenvalue weighted by molar-refractivity contribution is -0.384. The van der Waals surface area contributed by atoms with Gasteiger partial charge in [0.25, 0.3) is 5.69 Å². The highest BCUT2D eigenvalue weighted by molar-refractivity contribution is 5.80. The van der Waals surface area contributed by atoms with Crippen molar-refractivity contribution in [3.8, 4) is 5.75 Å². The Morgan fingerprint density at radius 2 is 2.08 bits per heavy atom. The zero-order valence-corrected chi connectivity index (χ0v) is 14.0. The monoisotopic (exact) mass is 341 g/mol. The molecule has 0 aliphatic heterocycles. The number of aliphatic hydroxyl groups excluding tert-OH is 1. The Morgan fingerprint density at radius 3 is 2.84 bits per heavy atom. The van der Waals surface area contributed by atoms with Gasteiger partial charge < -0.3 is 9.84 Å². The summed E-state index contributed by atoms with van der Waals surface area (Å²) >= 11 is 0. The normalized spacial score (nSPS) is 12.3. The van der Waals surface area contributed by atoms with Crippen molar-refractivity contribution in [1.82, 2.24) is 9.78 Å². The maximum Gasteiger partial charge on any atom is 0.271 e. The van der Waals surface area contributed by atoms with E-state index in [-0.39, 0.29) is 18.8 Å². The molecule has 0 bridgehead atoms. The molecule has 0 aliphatic carbocycles. The highest BCUT2D eigenvalue weighted by Gasteiger charge is 2.14. The largest absolute Gasteiger partial charge is 0.491 e. The van der Waals surface area contributed by atoms with Gasteiger partial charge in [-0.25, -0.2) is 0 Å². The Balaban J connectivity index is 1.71. The van der Waals surface area contributed by atoms with Gasteiger partial charge in [0, 0.05) is 17.5 Å². The Bertz CT molecular complexity index is 920. The van der Waals surface area contributed by atoms with E-state index in [1.165, 1.54) is 12.1 Å². The summed E-state index contributed by atoms with van der Waals surface area (Å²) in [5.41, 5.74) is 2.69. The Hall–Kier alpha value is -2.93. The standard InChI is InChI=1S/C18H19N3O4/c1-12-3-4-13(2)18(7-12)25-11-16(22)10-20-17-8-15(21(23)24)6-5-14(17)9-19-20/h3-9,16,22H,10-11H2,1-2H3. The summed E-state index contributed by atoms with van der Waals surface area (Å²) in [4.78, 5) is 10.5. The molecule has 0 aliphatic rings. The maximum atomic E-state index is 10.9. The smallest absolute Gasteiger partial charge is 0.271 e. The number of benzene rings is 2. The van der Waals surface area contributed by atoms with Crippen LogP contribution in [0.3, 0.4) is 0 Å². The minimum atomic E-state index is -0.790. The average Bonchev–Trinajstić information content (AvgIpc) is 2.98. The number of aliphatic hydroxyl groups is 1. The molecule has 0 saturated carbocycles. The summed E-state index contributed by atoms with van der Waals surface area (Å²) in [7, 11) is 0. The number of rotatable bonds is 6. The molecule has 0 spiro atoms. The summed E-state index contributed by atoms with van der Waals surface area (Å²) in [6.45, 7) is 4.23. The lowest BCUT2D eigenvalue weighted by Gasteiger charge is -2.15. The summed E-state index contributed by atoms with van der Waals surface area (Å²) in [5, 5.41) is 26.2. The molecule has 1 atom stereocenters. The van der Waals surface area contributed by atoms with Crippen LogP contribution in [0.25, 0.3) is 10.9 Å². The number of ether oxygens (including phenoxy) is 1. The average molecular weight is 341 g/mol. The fraction of sp³-hybridized carbons (Fsp3) is 0.278. The molecule has 2 aromatic carbocycles. The van der Waals surface area contributed by atoms with E-state index in [2.05, 4.69) is 5.10 Å². The highest BCUT2D eigenvalue weighted by atomic mass is 16.6. The molecule has 1 aromatic heterocycles. The van der Waals surface area contributed by atoms with E-state index in [1.54, 1.807) is 16.9 Å². The first-order valence-corrected chi connectivity index (χ1v) is 7.92. The molecule has 1 N–H and O–H groups in total. The number of aryl methyl sites for hydroxylation is 2. The summed E-state index contributed by atoms with van der Waals surface area (Å²) in [5.74, 6) is 0.736. The minimum absolute atomic E-state index is 0.00428. The second-order valence-corrected chi connectivity index (χ2v) is 6.06. The van der Waals surface area contributed by atoms with Gasteiger partial charge in [0.1, 0.15) is 18.5 Å². The first kappa shape index (κ1) is 16.9. The molecular formula is C18H19N3O4. The van der Waals surface area contributed by atoms with Crippen molar-refractivity contribution >= 4 is 16.6 Å². The minimum Gasteiger partial charge on any atom is -0.491 e. The number of aromatic nitrogens is 2. The lowest BCUT2D eigenvalue weighted by Crippen LogP contribution is -2.24. The predicted molar refractivity (Wildman–Crippen MR) is 93.8 cm³/mol. The van der Waals surface area contributed by atoms with Gasteiger partial charge in [-0.15, -0.1) is 0 Å². The van der Waals surface area contributed by atoms with Crippen LogP contribution in [0, 0.1) is 24.0 Å². The van der Waals surface area contributed by atoms with Crippen LogP contribution in [0.5, 0.6) is 5.75 Å². The first-order chi connectivity index (χ1) is 11.9. The fourth-order valence-corrected chi connectivity index (χ4v) is 2.62. The van der Waals surface area contributed by atoms with Gasteiger partial charge in [-0.1, -0.05) is 12.1 Å². The summed E-state index contributed by atoms with van der Waals surface area (Å²) in [6.07, 6.45) is 0.833. The Kier molecular flexibility index (Phi) is 4.67. The van der Waals surface area contributed by atoms with Crippen LogP contribution in [0.1, 0.15) is 11.1 Å². The van der Waals surface area contributed by atoms with E-state index in [1.807, 2.05) is 32.0 Å². The zero-order chi connectivity index (χ0) is 18.0. The number of non-ortho nitro benzene ring substituents is 1. The predicted octanol–water partition coefficient (Wildman–Crippen LogP) is 3.00. The van der Waals surface area contributed by atoms with Crippen LogP contribution < -0.4 is 4.74 Å². The summed E-state index contributed by atoms with van der Waals surface area (Å²) < 4.78 is 7.26. The van der Waals surface area contributed by atoms with Crippen molar-refractivity contribution < 1.29 is 14.8 Å². The van der Waals surface area contributed by atoms with Crippen molar-refractivity contribution in [2.24, 2.45) is 0 Å². The van der Waals surface area contributed by atoms with Gasteiger partial charge in [-0.2, -0.15) is 5.10 Å². The van der Waals surface area contributed by atoms with Gasteiger partial charge in [-0.05, 0) is 37.1 Å². The highest BCUT2D eigenvalue weighted by Crippen LogP contribution is 2.22. The van der Waals surface area contributed by atoms with E-state index in [0.717, 1.165) is 22.3 Å². The summed E-state index contributed by atoms with van der Waals surface area (Å²) in [6, 6.07) is 10.4. The molecule has 3 rings (SSSR count). The van der Waals surface area contributed by atoms with Crippen LogP contribution in [0.15, 0.2) is 42.6 Å². The number of hydrogen-bond acceptors (Lipinski definition) is 5. The van der Waals surface area contributed by atoms with Crippen LogP contribution in [-0.4, -0.2) is 32.5 Å². The molecule has 0 fully saturated rings. The van der Waals surface area contributed by atoms with Crippen LogP contribution in [-0.2, 0) is 6.54 Å². The second-order valence-electron chi connectivity index (χ2n) is 6.06. The molecule has 7 nitrogen and oxygen atoms in total. The van der Waals surface area contributed by atoms with Crippen molar-refractivity contribution in [1.29, 1.82) is 0 Å².